The van der Waals surface area contributed by atoms with Crippen LogP contribution < -0.4 is 4.74 Å². The van der Waals surface area contributed by atoms with Crippen molar-refractivity contribution in [1.82, 2.24) is 5.23 Å². The van der Waals surface area contributed by atoms with Crippen molar-refractivity contribution in [2.24, 2.45) is 0 Å². The Morgan fingerprint density at radius 1 is 0.897 bits per heavy atom. The summed E-state index contributed by atoms with van der Waals surface area (Å²) in [5.41, 5.74) is 1.84. The van der Waals surface area contributed by atoms with E-state index in [4.69, 9.17) is 28.6 Å². The number of ether oxygens (including phenoxy) is 4. The molecule has 3 aromatic carbocycles. The number of nitriles is 1. The Labute approximate surface area is 227 Å². The number of hydrogen-bond acceptors (Lipinski definition) is 9. The summed E-state index contributed by atoms with van der Waals surface area (Å²) in [5, 5.41) is 21.2. The zero-order valence-electron chi connectivity index (χ0n) is 22.1. The molecular weight excluding hydrogens is 504 g/mol. The maximum atomic E-state index is 13.0. The Morgan fingerprint density at radius 2 is 1.49 bits per heavy atom. The molecular formula is C29H32N2O8. The van der Waals surface area contributed by atoms with Gasteiger partial charge in [0.2, 0.25) is 0 Å². The van der Waals surface area contributed by atoms with Crippen molar-refractivity contribution in [3.63, 3.8) is 0 Å². The quantitative estimate of drug-likeness (QED) is 0.163. The highest BCUT2D eigenvalue weighted by Crippen LogP contribution is 2.37. The van der Waals surface area contributed by atoms with Crippen LogP contribution in [0, 0.1) is 11.3 Å². The first kappa shape index (κ1) is 29.7. The number of aliphatic carboxylic acids is 1. The van der Waals surface area contributed by atoms with Crippen molar-refractivity contribution in [2.75, 3.05) is 47.8 Å². The molecule has 0 aliphatic carbocycles. The molecule has 39 heavy (non-hydrogen) atoms. The monoisotopic (exact) mass is 536 g/mol. The van der Waals surface area contributed by atoms with Crippen LogP contribution in [0.1, 0.15) is 28.3 Å². The number of rotatable bonds is 16. The molecule has 0 fully saturated rings. The molecule has 3 rings (SSSR count). The molecule has 0 spiro atoms. The predicted molar refractivity (Wildman–Crippen MR) is 140 cm³/mol. The normalized spacial score (nSPS) is 12.7. The zero-order valence-corrected chi connectivity index (χ0v) is 22.1. The van der Waals surface area contributed by atoms with Crippen LogP contribution in [0.4, 0.5) is 0 Å². The maximum Gasteiger partial charge on any atom is 0.371 e. The molecule has 0 saturated carbocycles. The van der Waals surface area contributed by atoms with Crippen LogP contribution in [-0.2, 0) is 34.5 Å². The molecule has 0 aliphatic rings. The molecule has 0 amide bonds. The SMILES string of the molecule is COCCOc1cc(C(OCCOC)(ON(OC)C(c2ccccc2)c2ccccc2)C(=O)O)ccc1C#N. The van der Waals surface area contributed by atoms with E-state index in [-0.39, 0.29) is 43.3 Å². The van der Waals surface area contributed by atoms with Crippen LogP contribution in [0.25, 0.3) is 0 Å². The Balaban J connectivity index is 2.13. The molecule has 0 radical (unpaired) electrons. The molecule has 0 aromatic heterocycles. The van der Waals surface area contributed by atoms with Crippen LogP contribution in [0.15, 0.2) is 78.9 Å². The van der Waals surface area contributed by atoms with Gasteiger partial charge in [-0.2, -0.15) is 5.26 Å². The van der Waals surface area contributed by atoms with E-state index in [0.29, 0.717) is 0 Å². The fourth-order valence-corrected chi connectivity index (χ4v) is 3.86. The molecule has 0 aliphatic heterocycles. The van der Waals surface area contributed by atoms with Crippen LogP contribution in [-0.4, -0.2) is 64.1 Å². The minimum absolute atomic E-state index is 0.0689. The summed E-state index contributed by atoms with van der Waals surface area (Å²) in [4.78, 5) is 24.8. The minimum Gasteiger partial charge on any atom is -0.490 e. The molecule has 206 valence electrons. The summed E-state index contributed by atoms with van der Waals surface area (Å²) in [5.74, 6) is -3.69. The van der Waals surface area contributed by atoms with Gasteiger partial charge in [-0.1, -0.05) is 72.0 Å². The molecule has 0 heterocycles. The Hall–Kier alpha value is -3.82. The van der Waals surface area contributed by atoms with Gasteiger partial charge in [-0.15, -0.1) is 0 Å². The average molecular weight is 537 g/mol. The van der Waals surface area contributed by atoms with Crippen LogP contribution in [0.2, 0.25) is 0 Å². The van der Waals surface area contributed by atoms with E-state index in [2.05, 4.69) is 0 Å². The third-order valence-corrected chi connectivity index (χ3v) is 5.74. The molecule has 1 atom stereocenters. The fraction of sp³-hybridized carbons (Fsp3) is 0.310. The van der Waals surface area contributed by atoms with Gasteiger partial charge in [-0.3, -0.25) is 4.84 Å². The lowest BCUT2D eigenvalue weighted by molar-refractivity contribution is -0.455. The molecule has 10 heteroatoms. The van der Waals surface area contributed by atoms with E-state index < -0.39 is 17.8 Å². The second-order valence-electron chi connectivity index (χ2n) is 8.21. The Kier molecular flexibility index (Phi) is 11.4. The number of carboxylic acid groups (broad SMARTS) is 1. The van der Waals surface area contributed by atoms with E-state index in [1.807, 2.05) is 66.7 Å². The minimum atomic E-state index is -2.40. The highest BCUT2D eigenvalue weighted by molar-refractivity contribution is 5.78. The van der Waals surface area contributed by atoms with Gasteiger partial charge in [0.15, 0.2) is 0 Å². The first-order valence-corrected chi connectivity index (χ1v) is 12.2. The van der Waals surface area contributed by atoms with Gasteiger partial charge in [0.25, 0.3) is 0 Å². The van der Waals surface area contributed by atoms with Crippen molar-refractivity contribution < 1.29 is 38.5 Å². The number of hydroxylamine groups is 2. The summed E-state index contributed by atoms with van der Waals surface area (Å²) in [6.07, 6.45) is 0. The van der Waals surface area contributed by atoms with Crippen molar-refractivity contribution in [3.05, 3.63) is 101 Å². The molecule has 10 nitrogen and oxygen atoms in total. The summed E-state index contributed by atoms with van der Waals surface area (Å²) in [7, 11) is 4.37. The van der Waals surface area contributed by atoms with Crippen molar-refractivity contribution in [2.45, 2.75) is 11.8 Å². The van der Waals surface area contributed by atoms with Crippen molar-refractivity contribution in [3.8, 4) is 11.8 Å². The Bertz CT molecular complexity index is 1180. The predicted octanol–water partition coefficient (Wildman–Crippen LogP) is 4.07. The van der Waals surface area contributed by atoms with E-state index in [0.717, 1.165) is 16.4 Å². The van der Waals surface area contributed by atoms with Gasteiger partial charge in [0.1, 0.15) is 24.5 Å². The van der Waals surface area contributed by atoms with Crippen LogP contribution >= 0.6 is 0 Å². The number of methoxy groups -OCH3 is 2. The second kappa shape index (κ2) is 14.9. The Morgan fingerprint density at radius 3 is 2.00 bits per heavy atom. The number of carbonyl (C=O) groups is 1. The summed E-state index contributed by atoms with van der Waals surface area (Å²) in [6.45, 7) is 0.392. The van der Waals surface area contributed by atoms with Gasteiger partial charge in [0, 0.05) is 19.8 Å². The summed E-state index contributed by atoms with van der Waals surface area (Å²) < 4.78 is 21.7. The lowest BCUT2D eigenvalue weighted by Crippen LogP contribution is -2.48. The van der Waals surface area contributed by atoms with Gasteiger partial charge < -0.3 is 24.1 Å². The van der Waals surface area contributed by atoms with E-state index in [9.17, 15) is 15.2 Å². The maximum absolute atomic E-state index is 13.0. The van der Waals surface area contributed by atoms with Crippen LogP contribution in [0.3, 0.4) is 0 Å². The summed E-state index contributed by atoms with van der Waals surface area (Å²) >= 11 is 0. The van der Waals surface area contributed by atoms with E-state index in [1.54, 1.807) is 0 Å². The topological polar surface area (TPSA) is 120 Å². The summed E-state index contributed by atoms with van der Waals surface area (Å²) in [6, 6.07) is 24.4. The van der Waals surface area contributed by atoms with Crippen molar-refractivity contribution in [1.29, 1.82) is 5.26 Å². The lowest BCUT2D eigenvalue weighted by Gasteiger charge is -2.37. The number of carboxylic acids is 1. The molecule has 3 aromatic rings. The van der Waals surface area contributed by atoms with Crippen LogP contribution in [0.5, 0.6) is 5.75 Å². The van der Waals surface area contributed by atoms with Gasteiger partial charge in [-0.05, 0) is 23.3 Å². The second-order valence-corrected chi connectivity index (χ2v) is 8.21. The van der Waals surface area contributed by atoms with E-state index >= 15 is 0 Å². The highest BCUT2D eigenvalue weighted by Gasteiger charge is 2.48. The van der Waals surface area contributed by atoms with Gasteiger partial charge in [-0.25, -0.2) is 9.63 Å². The first-order valence-electron chi connectivity index (χ1n) is 12.2. The standard InChI is InChI=1S/C29H32N2O8/c1-34-16-18-37-26-20-25(15-14-24(26)21-30)29(28(32)33,38-19-17-35-2)39-31(36-3)27(22-10-6-4-7-11-22)23-12-8-5-9-13-23/h4-15,20,27H,16-19H2,1-3H3,(H,32,33). The molecule has 1 unspecified atom stereocenters. The van der Waals surface area contributed by atoms with Gasteiger partial charge >= 0.3 is 11.8 Å². The third-order valence-electron chi connectivity index (χ3n) is 5.74. The average Bonchev–Trinajstić information content (AvgIpc) is 2.97. The number of nitrogens with zero attached hydrogens (tertiary/aromatic N) is 2. The molecule has 0 bridgehead atoms. The van der Waals surface area contributed by atoms with Crippen molar-refractivity contribution >= 4 is 5.97 Å². The fourth-order valence-electron chi connectivity index (χ4n) is 3.86. The lowest BCUT2D eigenvalue weighted by atomic mass is 9.99. The largest absolute Gasteiger partial charge is 0.490 e. The number of hydrogen-bond donors (Lipinski definition) is 1. The molecule has 0 saturated heterocycles. The smallest absolute Gasteiger partial charge is 0.371 e. The van der Waals surface area contributed by atoms with E-state index in [1.165, 1.54) is 39.5 Å². The zero-order chi connectivity index (χ0) is 28.1. The highest BCUT2D eigenvalue weighted by atomic mass is 17.0. The molecule has 1 N–H and O–H groups in total. The first-order chi connectivity index (χ1) is 19.0. The third kappa shape index (κ3) is 7.40. The number of benzene rings is 3. The van der Waals surface area contributed by atoms with Gasteiger partial charge in [0.05, 0.1) is 32.5 Å².